The first kappa shape index (κ1) is 9.02. The molecule has 0 aliphatic heterocycles. The molecule has 1 heterocycles. The molecular weight excluding hydrogens is 181 g/mol. The van der Waals surface area contributed by atoms with E-state index < -0.39 is 0 Å². The molecule has 2 N–H and O–H groups in total. The number of nitrogens with two attached hydrogens (primary N) is 1. The Balaban J connectivity index is 2.76. The summed E-state index contributed by atoms with van der Waals surface area (Å²) in [5.41, 5.74) is 6.94. The topological polar surface area (TPSA) is 51.8 Å². The molecule has 0 spiro atoms. The van der Waals surface area contributed by atoms with E-state index in [4.69, 9.17) is 5.73 Å². The largest absolute Gasteiger partial charge is 0.324 e. The van der Waals surface area contributed by atoms with Gasteiger partial charge in [0.15, 0.2) is 0 Å². The lowest BCUT2D eigenvalue weighted by atomic mass is 10.2. The van der Waals surface area contributed by atoms with Crippen LogP contribution in [-0.4, -0.2) is 9.97 Å². The summed E-state index contributed by atoms with van der Waals surface area (Å²) in [7, 11) is 0. The number of aromatic nitrogens is 2. The van der Waals surface area contributed by atoms with E-state index in [-0.39, 0.29) is 5.82 Å². The van der Waals surface area contributed by atoms with E-state index in [9.17, 15) is 4.39 Å². The smallest absolute Gasteiger partial charge is 0.142 e. The molecule has 4 heteroatoms. The van der Waals surface area contributed by atoms with E-state index in [1.807, 2.05) is 6.92 Å². The fourth-order valence-electron chi connectivity index (χ4n) is 1.40. The summed E-state index contributed by atoms with van der Waals surface area (Å²) < 4.78 is 12.9. The Morgan fingerprint density at radius 2 is 2.14 bits per heavy atom. The van der Waals surface area contributed by atoms with Crippen molar-refractivity contribution in [3.05, 3.63) is 35.5 Å². The fourth-order valence-corrected chi connectivity index (χ4v) is 1.40. The molecule has 0 bridgehead atoms. The third-order valence-electron chi connectivity index (χ3n) is 2.08. The quantitative estimate of drug-likeness (QED) is 0.743. The Morgan fingerprint density at radius 3 is 2.86 bits per heavy atom. The van der Waals surface area contributed by atoms with E-state index >= 15 is 0 Å². The lowest BCUT2D eigenvalue weighted by molar-refractivity contribution is 0.629. The molecular formula is C10H10FN3. The number of fused-ring (bicyclic) bond motifs is 1. The second-order valence-corrected chi connectivity index (χ2v) is 3.09. The Morgan fingerprint density at radius 1 is 1.36 bits per heavy atom. The molecule has 0 aliphatic rings. The SMILES string of the molecule is Cc1nc(CN)nc2ccc(F)cc12. The molecule has 3 nitrogen and oxygen atoms in total. The molecule has 2 aromatic rings. The van der Waals surface area contributed by atoms with E-state index in [0.29, 0.717) is 12.4 Å². The fraction of sp³-hybridized carbons (Fsp3) is 0.200. The molecule has 0 unspecified atom stereocenters. The Hall–Kier alpha value is -1.55. The van der Waals surface area contributed by atoms with E-state index in [2.05, 4.69) is 9.97 Å². The van der Waals surface area contributed by atoms with Crippen LogP contribution in [0.15, 0.2) is 18.2 Å². The van der Waals surface area contributed by atoms with Crippen molar-refractivity contribution in [3.8, 4) is 0 Å². The van der Waals surface area contributed by atoms with Gasteiger partial charge < -0.3 is 5.73 Å². The molecule has 14 heavy (non-hydrogen) atoms. The van der Waals surface area contributed by atoms with Gasteiger partial charge in [0.1, 0.15) is 11.6 Å². The highest BCUT2D eigenvalue weighted by molar-refractivity contribution is 5.80. The van der Waals surface area contributed by atoms with Crippen LogP contribution in [0.1, 0.15) is 11.5 Å². The normalized spacial score (nSPS) is 10.8. The van der Waals surface area contributed by atoms with E-state index in [1.54, 1.807) is 6.07 Å². The standard InChI is InChI=1S/C10H10FN3/c1-6-8-4-7(11)2-3-9(8)14-10(5-12)13-6/h2-4H,5,12H2,1H3. The number of aryl methyl sites for hydroxylation is 1. The van der Waals surface area contributed by atoms with Gasteiger partial charge in [0.2, 0.25) is 0 Å². The van der Waals surface area contributed by atoms with Crippen LogP contribution in [0.4, 0.5) is 4.39 Å². The molecule has 2 rings (SSSR count). The van der Waals surface area contributed by atoms with Crippen LogP contribution in [0.3, 0.4) is 0 Å². The molecule has 0 fully saturated rings. The van der Waals surface area contributed by atoms with E-state index in [1.165, 1.54) is 12.1 Å². The lowest BCUT2D eigenvalue weighted by Gasteiger charge is -2.03. The minimum absolute atomic E-state index is 0.273. The minimum Gasteiger partial charge on any atom is -0.324 e. The van der Waals surface area contributed by atoms with Crippen molar-refractivity contribution in [2.24, 2.45) is 5.73 Å². The first-order chi connectivity index (χ1) is 6.70. The van der Waals surface area contributed by atoms with Gasteiger partial charge in [0, 0.05) is 11.1 Å². The van der Waals surface area contributed by atoms with Crippen molar-refractivity contribution in [2.45, 2.75) is 13.5 Å². The predicted octanol–water partition coefficient (Wildman–Crippen LogP) is 1.54. The zero-order valence-corrected chi connectivity index (χ0v) is 7.79. The van der Waals surface area contributed by atoms with Crippen LogP contribution in [0.2, 0.25) is 0 Å². The van der Waals surface area contributed by atoms with Gasteiger partial charge in [-0.1, -0.05) is 0 Å². The van der Waals surface area contributed by atoms with Crippen molar-refractivity contribution in [2.75, 3.05) is 0 Å². The molecule has 0 saturated carbocycles. The Labute approximate surface area is 80.8 Å². The summed E-state index contributed by atoms with van der Waals surface area (Å²) in [6, 6.07) is 4.46. The second kappa shape index (κ2) is 3.31. The lowest BCUT2D eigenvalue weighted by Crippen LogP contribution is -2.04. The van der Waals surface area contributed by atoms with Gasteiger partial charge in [-0.15, -0.1) is 0 Å². The predicted molar refractivity (Wildman–Crippen MR) is 52.1 cm³/mol. The number of hydrogen-bond donors (Lipinski definition) is 1. The number of rotatable bonds is 1. The summed E-state index contributed by atoms with van der Waals surface area (Å²) in [5, 5.41) is 0.738. The molecule has 0 atom stereocenters. The maximum absolute atomic E-state index is 12.9. The third kappa shape index (κ3) is 1.44. The van der Waals surface area contributed by atoms with Crippen molar-refractivity contribution >= 4 is 10.9 Å². The number of hydrogen-bond acceptors (Lipinski definition) is 3. The highest BCUT2D eigenvalue weighted by Gasteiger charge is 2.03. The van der Waals surface area contributed by atoms with Crippen molar-refractivity contribution < 1.29 is 4.39 Å². The number of nitrogens with zero attached hydrogens (tertiary/aromatic N) is 2. The summed E-state index contributed by atoms with van der Waals surface area (Å²) >= 11 is 0. The average Bonchev–Trinajstić information content (AvgIpc) is 2.19. The van der Waals surface area contributed by atoms with Gasteiger partial charge >= 0.3 is 0 Å². The maximum atomic E-state index is 12.9. The summed E-state index contributed by atoms with van der Waals surface area (Å²) in [4.78, 5) is 8.35. The Kier molecular flexibility index (Phi) is 2.13. The van der Waals surface area contributed by atoms with E-state index in [0.717, 1.165) is 16.6 Å². The maximum Gasteiger partial charge on any atom is 0.142 e. The zero-order chi connectivity index (χ0) is 10.1. The van der Waals surface area contributed by atoms with Gasteiger partial charge in [0.05, 0.1) is 12.1 Å². The molecule has 1 aromatic carbocycles. The Bertz CT molecular complexity index is 482. The summed E-state index contributed by atoms with van der Waals surface area (Å²) in [6.07, 6.45) is 0. The van der Waals surface area contributed by atoms with Gasteiger partial charge in [-0.3, -0.25) is 0 Å². The van der Waals surface area contributed by atoms with Crippen LogP contribution in [0.25, 0.3) is 10.9 Å². The highest BCUT2D eigenvalue weighted by atomic mass is 19.1. The molecule has 0 saturated heterocycles. The third-order valence-corrected chi connectivity index (χ3v) is 2.08. The average molecular weight is 191 g/mol. The molecule has 1 aromatic heterocycles. The molecule has 0 aliphatic carbocycles. The van der Waals surface area contributed by atoms with Gasteiger partial charge in [-0.2, -0.15) is 0 Å². The van der Waals surface area contributed by atoms with Crippen LogP contribution < -0.4 is 5.73 Å². The zero-order valence-electron chi connectivity index (χ0n) is 7.79. The molecule has 0 amide bonds. The first-order valence-corrected chi connectivity index (χ1v) is 4.33. The van der Waals surface area contributed by atoms with Gasteiger partial charge in [-0.25, -0.2) is 14.4 Å². The monoisotopic (exact) mass is 191 g/mol. The van der Waals surface area contributed by atoms with Crippen LogP contribution in [0, 0.1) is 12.7 Å². The summed E-state index contributed by atoms with van der Waals surface area (Å²) in [6.45, 7) is 2.12. The minimum atomic E-state index is -0.273. The van der Waals surface area contributed by atoms with Crippen molar-refractivity contribution in [3.63, 3.8) is 0 Å². The van der Waals surface area contributed by atoms with Crippen LogP contribution in [0.5, 0.6) is 0 Å². The van der Waals surface area contributed by atoms with Crippen molar-refractivity contribution in [1.29, 1.82) is 0 Å². The van der Waals surface area contributed by atoms with Crippen LogP contribution >= 0.6 is 0 Å². The van der Waals surface area contributed by atoms with Crippen molar-refractivity contribution in [1.82, 2.24) is 9.97 Å². The molecule has 72 valence electrons. The summed E-state index contributed by atoms with van der Waals surface area (Å²) in [5.74, 6) is 0.311. The second-order valence-electron chi connectivity index (χ2n) is 3.09. The van der Waals surface area contributed by atoms with Gasteiger partial charge in [0.25, 0.3) is 0 Å². The number of halogens is 1. The highest BCUT2D eigenvalue weighted by Crippen LogP contribution is 2.16. The first-order valence-electron chi connectivity index (χ1n) is 4.33. The number of benzene rings is 1. The van der Waals surface area contributed by atoms with Crippen LogP contribution in [-0.2, 0) is 6.54 Å². The molecule has 0 radical (unpaired) electrons. The van der Waals surface area contributed by atoms with Gasteiger partial charge in [-0.05, 0) is 25.1 Å².